The Labute approximate surface area is 96.0 Å². The Morgan fingerprint density at radius 1 is 1.56 bits per heavy atom. The van der Waals surface area contributed by atoms with E-state index in [1.54, 1.807) is 12.3 Å². The molecule has 16 heavy (non-hydrogen) atoms. The molecular formula is C9H8ClN5O. The van der Waals surface area contributed by atoms with E-state index in [1.807, 2.05) is 6.92 Å². The van der Waals surface area contributed by atoms with E-state index in [1.165, 1.54) is 6.20 Å². The first-order valence-electron chi connectivity index (χ1n) is 4.46. The van der Waals surface area contributed by atoms with E-state index in [-0.39, 0.29) is 16.8 Å². The molecule has 6 nitrogen and oxygen atoms in total. The fourth-order valence-corrected chi connectivity index (χ4v) is 1.42. The zero-order valence-electron chi connectivity index (χ0n) is 8.36. The fraction of sp³-hybridized carbons (Fsp3) is 0.111. The van der Waals surface area contributed by atoms with Crippen LogP contribution in [0.5, 0.6) is 0 Å². The molecule has 0 fully saturated rings. The molecule has 2 heterocycles. The first kappa shape index (κ1) is 10.6. The number of nitrogens with one attached hydrogen (secondary N) is 2. The van der Waals surface area contributed by atoms with Crippen molar-refractivity contribution < 1.29 is 4.79 Å². The lowest BCUT2D eigenvalue weighted by atomic mass is 10.2. The van der Waals surface area contributed by atoms with Crippen molar-refractivity contribution in [3.63, 3.8) is 0 Å². The molecule has 0 aliphatic rings. The molecule has 2 N–H and O–H groups in total. The van der Waals surface area contributed by atoms with Crippen LogP contribution in [0.4, 0.5) is 5.69 Å². The third-order valence-corrected chi connectivity index (χ3v) is 2.29. The van der Waals surface area contributed by atoms with Crippen molar-refractivity contribution in [1.29, 1.82) is 0 Å². The molecular weight excluding hydrogens is 230 g/mol. The molecule has 0 atom stereocenters. The third-order valence-electron chi connectivity index (χ3n) is 2.00. The number of halogens is 1. The number of aromatic amines is 1. The molecule has 0 saturated heterocycles. The smallest absolute Gasteiger partial charge is 0.277 e. The predicted molar refractivity (Wildman–Crippen MR) is 58.3 cm³/mol. The normalized spacial score (nSPS) is 10.1. The lowest BCUT2D eigenvalue weighted by Crippen LogP contribution is -2.14. The Hall–Kier alpha value is -1.95. The quantitative estimate of drug-likeness (QED) is 0.774. The predicted octanol–water partition coefficient (Wildman–Crippen LogP) is 1.41. The highest BCUT2D eigenvalue weighted by Gasteiger charge is 2.12. The molecule has 0 spiro atoms. The summed E-state index contributed by atoms with van der Waals surface area (Å²) in [5.74, 6) is -0.383. The van der Waals surface area contributed by atoms with E-state index in [0.29, 0.717) is 5.69 Å². The first-order valence-corrected chi connectivity index (χ1v) is 4.84. The van der Waals surface area contributed by atoms with Gasteiger partial charge in [-0.15, -0.1) is 0 Å². The van der Waals surface area contributed by atoms with Crippen LogP contribution in [0.1, 0.15) is 16.1 Å². The van der Waals surface area contributed by atoms with Gasteiger partial charge in [0.05, 0.1) is 11.9 Å². The van der Waals surface area contributed by atoms with Crippen LogP contribution in [-0.4, -0.2) is 26.3 Å². The number of hydrogen-bond donors (Lipinski definition) is 2. The molecule has 1 amide bonds. The van der Waals surface area contributed by atoms with Crippen molar-refractivity contribution in [2.75, 3.05) is 5.32 Å². The van der Waals surface area contributed by atoms with E-state index in [0.717, 1.165) is 5.56 Å². The minimum absolute atomic E-state index is 0.194. The number of H-pyrrole nitrogens is 1. The van der Waals surface area contributed by atoms with Gasteiger partial charge in [0.2, 0.25) is 0 Å². The summed E-state index contributed by atoms with van der Waals surface area (Å²) in [5.41, 5.74) is 1.51. The second kappa shape index (κ2) is 4.28. The van der Waals surface area contributed by atoms with Crippen LogP contribution in [0.2, 0.25) is 5.15 Å². The Morgan fingerprint density at radius 3 is 3.00 bits per heavy atom. The molecule has 0 radical (unpaired) electrons. The van der Waals surface area contributed by atoms with Gasteiger partial charge in [-0.25, -0.2) is 4.98 Å². The van der Waals surface area contributed by atoms with Crippen molar-refractivity contribution in [3.8, 4) is 0 Å². The number of pyridine rings is 1. The number of nitrogens with zero attached hydrogens (tertiary/aromatic N) is 3. The van der Waals surface area contributed by atoms with Crippen LogP contribution < -0.4 is 5.32 Å². The van der Waals surface area contributed by atoms with Crippen LogP contribution in [0.25, 0.3) is 0 Å². The van der Waals surface area contributed by atoms with Gasteiger partial charge in [-0.1, -0.05) is 11.6 Å². The van der Waals surface area contributed by atoms with E-state index in [4.69, 9.17) is 11.6 Å². The Balaban J connectivity index is 2.25. The number of carbonyl (C=O) groups excluding carboxylic acids is 1. The number of aromatic nitrogens is 4. The summed E-state index contributed by atoms with van der Waals surface area (Å²) in [6.07, 6.45) is 2.90. The molecule has 82 valence electrons. The maximum Gasteiger partial charge on any atom is 0.277 e. The number of aryl methyl sites for hydroxylation is 1. The zero-order valence-corrected chi connectivity index (χ0v) is 9.12. The molecule has 0 aromatic carbocycles. The van der Waals surface area contributed by atoms with Crippen LogP contribution >= 0.6 is 11.6 Å². The molecule has 0 bridgehead atoms. The molecule has 0 aliphatic carbocycles. The molecule has 2 aromatic heterocycles. The summed E-state index contributed by atoms with van der Waals surface area (Å²) in [6.45, 7) is 1.83. The lowest BCUT2D eigenvalue weighted by molar-refractivity contribution is 0.102. The molecule has 7 heteroatoms. The highest BCUT2D eigenvalue weighted by molar-refractivity contribution is 6.32. The van der Waals surface area contributed by atoms with Gasteiger partial charge in [-0.2, -0.15) is 15.4 Å². The summed E-state index contributed by atoms with van der Waals surface area (Å²) in [6, 6.07) is 1.75. The van der Waals surface area contributed by atoms with Crippen molar-refractivity contribution in [2.45, 2.75) is 6.92 Å². The van der Waals surface area contributed by atoms with Crippen LogP contribution in [0, 0.1) is 6.92 Å². The van der Waals surface area contributed by atoms with Gasteiger partial charge in [-0.3, -0.25) is 4.79 Å². The highest BCUT2D eigenvalue weighted by atomic mass is 35.5. The summed E-state index contributed by atoms with van der Waals surface area (Å²) in [5, 5.41) is 12.4. The maximum atomic E-state index is 11.7. The minimum atomic E-state index is -0.383. The fourth-order valence-electron chi connectivity index (χ4n) is 1.16. The largest absolute Gasteiger partial charge is 0.318 e. The molecule has 2 aromatic rings. The van der Waals surface area contributed by atoms with E-state index < -0.39 is 0 Å². The standard InChI is InChI=1S/C9H8ClN5O/c1-5-2-3-11-8(10)7(5)13-9(16)6-4-12-15-14-6/h2-4H,1H3,(H,13,16)(H,12,14,15). The van der Waals surface area contributed by atoms with Crippen molar-refractivity contribution in [2.24, 2.45) is 0 Å². The van der Waals surface area contributed by atoms with E-state index in [2.05, 4.69) is 25.7 Å². The summed E-state index contributed by atoms with van der Waals surface area (Å²) in [7, 11) is 0. The average Bonchev–Trinajstić information content (AvgIpc) is 2.76. The summed E-state index contributed by atoms with van der Waals surface area (Å²) < 4.78 is 0. The molecule has 0 unspecified atom stereocenters. The Bertz CT molecular complexity index is 490. The van der Waals surface area contributed by atoms with Crippen molar-refractivity contribution in [1.82, 2.24) is 20.4 Å². The SMILES string of the molecule is Cc1ccnc(Cl)c1NC(=O)c1cn[nH]n1. The second-order valence-corrected chi connectivity index (χ2v) is 3.46. The lowest BCUT2D eigenvalue weighted by Gasteiger charge is -2.07. The highest BCUT2D eigenvalue weighted by Crippen LogP contribution is 2.22. The van der Waals surface area contributed by atoms with Gasteiger partial charge < -0.3 is 5.32 Å². The Kier molecular flexibility index (Phi) is 2.82. The van der Waals surface area contributed by atoms with Gasteiger partial charge in [0.15, 0.2) is 10.8 Å². The van der Waals surface area contributed by atoms with E-state index >= 15 is 0 Å². The Morgan fingerprint density at radius 2 is 2.38 bits per heavy atom. The molecule has 0 saturated carbocycles. The number of carbonyl (C=O) groups is 1. The van der Waals surface area contributed by atoms with Gasteiger partial charge >= 0.3 is 0 Å². The number of amides is 1. The average molecular weight is 238 g/mol. The zero-order chi connectivity index (χ0) is 11.5. The van der Waals surface area contributed by atoms with Gasteiger partial charge in [0, 0.05) is 6.20 Å². The van der Waals surface area contributed by atoms with E-state index in [9.17, 15) is 4.79 Å². The van der Waals surface area contributed by atoms with Gasteiger partial charge in [0.1, 0.15) is 0 Å². The minimum Gasteiger partial charge on any atom is -0.318 e. The second-order valence-electron chi connectivity index (χ2n) is 3.10. The monoisotopic (exact) mass is 237 g/mol. The van der Waals surface area contributed by atoms with Crippen LogP contribution in [0.15, 0.2) is 18.5 Å². The van der Waals surface area contributed by atoms with Crippen molar-refractivity contribution in [3.05, 3.63) is 34.9 Å². The summed E-state index contributed by atoms with van der Waals surface area (Å²) in [4.78, 5) is 15.5. The maximum absolute atomic E-state index is 11.7. The third kappa shape index (κ3) is 2.01. The van der Waals surface area contributed by atoms with Gasteiger partial charge in [0.25, 0.3) is 5.91 Å². The van der Waals surface area contributed by atoms with Gasteiger partial charge in [-0.05, 0) is 18.6 Å². The first-order chi connectivity index (χ1) is 7.68. The molecule has 0 aliphatic heterocycles. The topological polar surface area (TPSA) is 83.6 Å². The number of hydrogen-bond acceptors (Lipinski definition) is 4. The molecule has 2 rings (SSSR count). The van der Waals surface area contributed by atoms with Crippen LogP contribution in [0.3, 0.4) is 0 Å². The number of anilines is 1. The van der Waals surface area contributed by atoms with Crippen molar-refractivity contribution >= 4 is 23.2 Å². The van der Waals surface area contributed by atoms with Crippen LogP contribution in [-0.2, 0) is 0 Å². The summed E-state index contributed by atoms with van der Waals surface area (Å²) >= 11 is 5.87. The number of rotatable bonds is 2.